The molecule has 2 unspecified atom stereocenters. The van der Waals surface area contributed by atoms with Crippen molar-refractivity contribution in [1.29, 1.82) is 5.39 Å². The van der Waals surface area contributed by atoms with Gasteiger partial charge in [-0.3, -0.25) is 0 Å². The second-order valence-electron chi connectivity index (χ2n) is 5.22. The standard InChI is InChI=1S/C12H16N3O.F6P/c1-9-7-16-8-10(2)15(9)12-5-3-11(14-13)4-6-12;1-7(2,3,4,5)6/h3-6,9-10H,7-8H2,1-2H3;/q+1;-1. The molecule has 0 N–H and O–H groups in total. The van der Waals surface area contributed by atoms with E-state index in [9.17, 15) is 25.2 Å². The van der Waals surface area contributed by atoms with Crippen LogP contribution in [0.2, 0.25) is 0 Å². The first kappa shape index (κ1) is 19.5. The van der Waals surface area contributed by atoms with Crippen molar-refractivity contribution < 1.29 is 29.9 Å². The normalized spacial score (nSPS) is 24.6. The molecule has 2 atom stereocenters. The first-order valence-electron chi connectivity index (χ1n) is 6.55. The van der Waals surface area contributed by atoms with E-state index in [2.05, 4.69) is 23.7 Å². The van der Waals surface area contributed by atoms with Gasteiger partial charge in [-0.15, -0.1) is 0 Å². The van der Waals surface area contributed by atoms with E-state index in [1.54, 1.807) is 0 Å². The SMILES string of the molecule is CC1COCC(C)N1c1ccc([N+]#N)cc1.F[P-](F)(F)(F)(F)F. The maximum absolute atomic E-state index is 10.7. The van der Waals surface area contributed by atoms with E-state index in [4.69, 9.17) is 10.1 Å². The van der Waals surface area contributed by atoms with Crippen LogP contribution in [-0.4, -0.2) is 25.3 Å². The van der Waals surface area contributed by atoms with Gasteiger partial charge in [0, 0.05) is 29.9 Å². The number of anilines is 1. The van der Waals surface area contributed by atoms with Crippen LogP contribution in [0.15, 0.2) is 24.3 Å². The van der Waals surface area contributed by atoms with Gasteiger partial charge in [-0.05, 0) is 26.0 Å². The molecule has 2 rings (SSSR count). The van der Waals surface area contributed by atoms with Crippen molar-refractivity contribution in [2.75, 3.05) is 18.1 Å². The number of nitrogens with zero attached hydrogens (tertiary/aromatic N) is 3. The number of ether oxygens (including phenoxy) is 1. The van der Waals surface area contributed by atoms with Gasteiger partial charge in [-0.25, -0.2) is 0 Å². The molecule has 0 saturated carbocycles. The second-order valence-corrected chi connectivity index (χ2v) is 7.13. The summed E-state index contributed by atoms with van der Waals surface area (Å²) in [5, 5.41) is 8.63. The van der Waals surface area contributed by atoms with Gasteiger partial charge in [0.25, 0.3) is 0 Å². The maximum atomic E-state index is 9.87. The Balaban J connectivity index is 0.000000322. The number of benzene rings is 1. The molecule has 1 saturated heterocycles. The van der Waals surface area contributed by atoms with Gasteiger partial charge in [0.2, 0.25) is 5.39 Å². The van der Waals surface area contributed by atoms with Crippen LogP contribution in [-0.2, 0) is 4.74 Å². The van der Waals surface area contributed by atoms with Crippen LogP contribution < -0.4 is 4.90 Å². The monoisotopic (exact) mass is 363 g/mol. The van der Waals surface area contributed by atoms with E-state index in [0.29, 0.717) is 17.8 Å². The predicted molar refractivity (Wildman–Crippen MR) is 77.0 cm³/mol. The summed E-state index contributed by atoms with van der Waals surface area (Å²) in [6.07, 6.45) is 0. The van der Waals surface area contributed by atoms with E-state index < -0.39 is 7.81 Å². The van der Waals surface area contributed by atoms with Crippen LogP contribution in [0.4, 0.5) is 36.6 Å². The molecule has 132 valence electrons. The minimum atomic E-state index is -10.7. The Kier molecular flexibility index (Phi) is 4.91. The Labute approximate surface area is 128 Å². The van der Waals surface area contributed by atoms with Crippen LogP contribution in [0.3, 0.4) is 0 Å². The quantitative estimate of drug-likeness (QED) is 0.340. The third-order valence-electron chi connectivity index (χ3n) is 2.93. The van der Waals surface area contributed by atoms with Crippen molar-refractivity contribution in [3.05, 3.63) is 29.2 Å². The van der Waals surface area contributed by atoms with E-state index in [1.807, 2.05) is 24.3 Å². The van der Waals surface area contributed by atoms with Crippen LogP contribution >= 0.6 is 7.81 Å². The van der Waals surface area contributed by atoms with E-state index in [0.717, 1.165) is 18.9 Å². The summed E-state index contributed by atoms with van der Waals surface area (Å²) in [5.74, 6) is 0. The van der Waals surface area contributed by atoms with Crippen molar-refractivity contribution in [3.8, 4) is 0 Å². The number of hydrogen-bond acceptors (Lipinski definition) is 3. The van der Waals surface area contributed by atoms with Crippen molar-refractivity contribution in [2.24, 2.45) is 0 Å². The topological polar surface area (TPSA) is 40.6 Å². The van der Waals surface area contributed by atoms with Crippen LogP contribution in [0.5, 0.6) is 0 Å². The fraction of sp³-hybridized carbons (Fsp3) is 0.500. The van der Waals surface area contributed by atoms with Crippen LogP contribution in [0, 0.1) is 5.39 Å². The first-order chi connectivity index (χ1) is 10.2. The molecule has 0 spiro atoms. The molecular weight excluding hydrogens is 347 g/mol. The molecule has 0 aromatic heterocycles. The molecule has 1 aromatic rings. The van der Waals surface area contributed by atoms with Gasteiger partial charge in [-0.1, -0.05) is 0 Å². The summed E-state index contributed by atoms with van der Waals surface area (Å²) < 4.78 is 64.7. The minimum absolute atomic E-state index is 0.376. The fourth-order valence-electron chi connectivity index (χ4n) is 2.20. The van der Waals surface area contributed by atoms with E-state index >= 15 is 0 Å². The zero-order chi connectivity index (χ0) is 18.0. The third kappa shape index (κ3) is 8.57. The molecule has 11 heteroatoms. The molecule has 1 aromatic carbocycles. The summed E-state index contributed by atoms with van der Waals surface area (Å²) in [6.45, 7) is 5.83. The summed E-state index contributed by atoms with van der Waals surface area (Å²) in [7, 11) is -10.7. The van der Waals surface area contributed by atoms with Crippen molar-refractivity contribution >= 4 is 19.2 Å². The molecule has 0 aliphatic carbocycles. The van der Waals surface area contributed by atoms with Crippen molar-refractivity contribution in [3.63, 3.8) is 0 Å². The Morgan fingerprint density at radius 2 is 1.39 bits per heavy atom. The van der Waals surface area contributed by atoms with Gasteiger partial charge in [0.1, 0.15) is 0 Å². The molecule has 0 radical (unpaired) electrons. The summed E-state index contributed by atoms with van der Waals surface area (Å²) in [4.78, 5) is 5.49. The zero-order valence-corrected chi connectivity index (χ0v) is 13.2. The summed E-state index contributed by atoms with van der Waals surface area (Å²) >= 11 is 0. The van der Waals surface area contributed by atoms with E-state index in [1.165, 1.54) is 0 Å². The average molecular weight is 363 g/mol. The number of rotatable bonds is 1. The molecule has 23 heavy (non-hydrogen) atoms. The zero-order valence-electron chi connectivity index (χ0n) is 12.3. The Morgan fingerprint density at radius 3 is 1.74 bits per heavy atom. The third-order valence-corrected chi connectivity index (χ3v) is 2.93. The van der Waals surface area contributed by atoms with Gasteiger partial charge in [0.05, 0.1) is 13.2 Å². The summed E-state index contributed by atoms with van der Waals surface area (Å²) in [6, 6.07) is 8.33. The van der Waals surface area contributed by atoms with Gasteiger partial charge in [-0.2, -0.15) is 0 Å². The van der Waals surface area contributed by atoms with Gasteiger partial charge < -0.3 is 9.64 Å². The van der Waals surface area contributed by atoms with Crippen LogP contribution in [0.1, 0.15) is 13.8 Å². The number of hydrogen-bond donors (Lipinski definition) is 0. The Bertz CT molecular complexity index is 562. The molecule has 1 heterocycles. The average Bonchev–Trinajstić information content (AvgIpc) is 2.35. The Hall–Kier alpha value is -1.59. The number of morpholine rings is 1. The molecular formula is C12H16F6N3OP. The summed E-state index contributed by atoms with van der Waals surface area (Å²) in [5.41, 5.74) is 1.73. The van der Waals surface area contributed by atoms with Crippen LogP contribution in [0.25, 0.3) is 4.98 Å². The second kappa shape index (κ2) is 5.80. The molecule has 1 aliphatic rings. The number of diazo groups is 1. The molecule has 1 fully saturated rings. The predicted octanol–water partition coefficient (Wildman–Crippen LogP) is 6.17. The molecule has 1 aliphatic heterocycles. The van der Waals surface area contributed by atoms with Gasteiger partial charge >= 0.3 is 38.7 Å². The Morgan fingerprint density at radius 1 is 1.00 bits per heavy atom. The number of halogens is 6. The molecule has 4 nitrogen and oxygen atoms in total. The van der Waals surface area contributed by atoms with Gasteiger partial charge in [0.15, 0.2) is 4.98 Å². The fourth-order valence-corrected chi connectivity index (χ4v) is 2.20. The van der Waals surface area contributed by atoms with Crippen molar-refractivity contribution in [1.82, 2.24) is 0 Å². The first-order valence-corrected chi connectivity index (χ1v) is 8.58. The van der Waals surface area contributed by atoms with E-state index in [-0.39, 0.29) is 0 Å². The van der Waals surface area contributed by atoms with Crippen molar-refractivity contribution in [2.45, 2.75) is 25.9 Å². The molecule has 0 amide bonds. The molecule has 0 bridgehead atoms.